The highest BCUT2D eigenvalue weighted by Crippen LogP contribution is 2.36. The Morgan fingerprint density at radius 3 is 2.71 bits per heavy atom. The summed E-state index contributed by atoms with van der Waals surface area (Å²) in [6, 6.07) is 9.89. The van der Waals surface area contributed by atoms with E-state index in [0.717, 1.165) is 23.4 Å². The highest BCUT2D eigenvalue weighted by atomic mass is 16.6. The van der Waals surface area contributed by atoms with Crippen LogP contribution in [0.15, 0.2) is 41.2 Å². The monoisotopic (exact) mass is 378 g/mol. The van der Waals surface area contributed by atoms with E-state index in [2.05, 4.69) is 15.3 Å². The molecular weight excluding hydrogens is 360 g/mol. The van der Waals surface area contributed by atoms with E-state index in [9.17, 15) is 0 Å². The Morgan fingerprint density at radius 2 is 2.04 bits per heavy atom. The van der Waals surface area contributed by atoms with Gasteiger partial charge in [0.25, 0.3) is 0 Å². The lowest BCUT2D eigenvalue weighted by molar-refractivity contribution is 0.264. The van der Waals surface area contributed by atoms with E-state index in [1.807, 2.05) is 41.8 Å². The molecule has 1 aliphatic rings. The third-order valence-corrected chi connectivity index (χ3v) is 4.65. The lowest BCUT2D eigenvalue weighted by Gasteiger charge is -2.11. The second-order valence-corrected chi connectivity index (χ2v) is 6.48. The van der Waals surface area contributed by atoms with Gasteiger partial charge in [0, 0.05) is 12.1 Å². The fraction of sp³-hybridized carbons (Fsp3) is 0.263. The number of aryl methyl sites for hydroxylation is 1. The molecule has 1 unspecified atom stereocenters. The average molecular weight is 378 g/mol. The number of fused-ring (bicyclic) bond motifs is 1. The molecule has 0 saturated carbocycles. The van der Waals surface area contributed by atoms with Crippen LogP contribution in [0.1, 0.15) is 6.92 Å². The number of anilines is 1. The van der Waals surface area contributed by atoms with Crippen molar-refractivity contribution in [3.63, 3.8) is 0 Å². The molecule has 0 aliphatic carbocycles. The van der Waals surface area contributed by atoms with Crippen molar-refractivity contribution in [3.8, 4) is 28.5 Å². The Kier molecular flexibility index (Phi) is 3.94. The maximum Gasteiger partial charge on any atom is 0.199 e. The first kappa shape index (κ1) is 16.7. The zero-order valence-electron chi connectivity index (χ0n) is 15.2. The number of hydrogen-bond donors (Lipinski definition) is 1. The summed E-state index contributed by atoms with van der Waals surface area (Å²) in [4.78, 5) is 9.45. The van der Waals surface area contributed by atoms with Crippen molar-refractivity contribution in [3.05, 3.63) is 36.5 Å². The summed E-state index contributed by atoms with van der Waals surface area (Å²) >= 11 is 0. The molecule has 1 aliphatic heterocycles. The third-order valence-electron chi connectivity index (χ3n) is 4.65. The van der Waals surface area contributed by atoms with Crippen molar-refractivity contribution in [2.45, 2.75) is 19.6 Å². The number of aromatic nitrogens is 5. The lowest BCUT2D eigenvalue weighted by atomic mass is 10.1. The largest absolute Gasteiger partial charge is 0.487 e. The van der Waals surface area contributed by atoms with E-state index in [0.29, 0.717) is 35.9 Å². The number of nitrogens with zero attached hydrogens (tertiary/aromatic N) is 5. The minimum Gasteiger partial charge on any atom is -0.487 e. The Balaban J connectivity index is 1.75. The first-order chi connectivity index (χ1) is 13.8. The van der Waals surface area contributed by atoms with Crippen molar-refractivity contribution < 1.29 is 14.1 Å². The molecule has 1 fully saturated rings. The molecule has 142 valence electrons. The molecule has 28 heavy (non-hydrogen) atoms. The highest BCUT2D eigenvalue weighted by Gasteiger charge is 2.26. The van der Waals surface area contributed by atoms with Gasteiger partial charge in [0.15, 0.2) is 23.1 Å². The van der Waals surface area contributed by atoms with Gasteiger partial charge in [0.2, 0.25) is 0 Å². The molecule has 4 aromatic rings. The summed E-state index contributed by atoms with van der Waals surface area (Å²) in [5.74, 6) is 1.39. The van der Waals surface area contributed by atoms with E-state index in [4.69, 9.17) is 24.8 Å². The summed E-state index contributed by atoms with van der Waals surface area (Å²) in [5.41, 5.74) is 9.58. The first-order valence-electron chi connectivity index (χ1n) is 9.03. The average Bonchev–Trinajstić information content (AvgIpc) is 3.34. The van der Waals surface area contributed by atoms with E-state index in [1.54, 1.807) is 6.20 Å². The SMILES string of the molecule is CCn1c(-c2nonc2N)nc2c(-c3ccccc3)ncc(OCC3CO3)c21. The topological polar surface area (TPSA) is 117 Å². The van der Waals surface area contributed by atoms with Gasteiger partial charge in [-0.15, -0.1) is 0 Å². The summed E-state index contributed by atoms with van der Waals surface area (Å²) in [6.07, 6.45) is 1.87. The van der Waals surface area contributed by atoms with E-state index >= 15 is 0 Å². The number of nitrogens with two attached hydrogens (primary N) is 1. The molecule has 0 spiro atoms. The maximum atomic E-state index is 6.00. The van der Waals surface area contributed by atoms with Gasteiger partial charge >= 0.3 is 0 Å². The number of epoxide rings is 1. The number of hydrogen-bond acceptors (Lipinski definition) is 8. The molecule has 9 heteroatoms. The molecule has 9 nitrogen and oxygen atoms in total. The molecule has 0 bridgehead atoms. The van der Waals surface area contributed by atoms with Crippen LogP contribution in [0, 0.1) is 0 Å². The standard InChI is InChI=1S/C19H18N6O3/c1-2-25-17-13(27-10-12-9-26-12)8-21-14(11-6-4-3-5-7-11)15(17)22-19(25)16-18(20)24-28-23-16/h3-8,12H,2,9-10H2,1H3,(H2,20,24). The minimum atomic E-state index is 0.136. The number of pyridine rings is 1. The predicted molar refractivity (Wildman–Crippen MR) is 102 cm³/mol. The summed E-state index contributed by atoms with van der Waals surface area (Å²) < 4.78 is 18.0. The van der Waals surface area contributed by atoms with Crippen LogP contribution in [0.4, 0.5) is 5.82 Å². The van der Waals surface area contributed by atoms with Crippen LogP contribution in [0.2, 0.25) is 0 Å². The number of ether oxygens (including phenoxy) is 2. The van der Waals surface area contributed by atoms with Gasteiger partial charge in [-0.1, -0.05) is 30.3 Å². The molecule has 0 radical (unpaired) electrons. The van der Waals surface area contributed by atoms with Crippen molar-refractivity contribution in [1.82, 2.24) is 24.8 Å². The van der Waals surface area contributed by atoms with Gasteiger partial charge < -0.3 is 19.8 Å². The van der Waals surface area contributed by atoms with Crippen LogP contribution in [-0.2, 0) is 11.3 Å². The molecule has 4 heterocycles. The molecular formula is C19H18N6O3. The molecule has 1 atom stereocenters. The smallest absolute Gasteiger partial charge is 0.199 e. The van der Waals surface area contributed by atoms with Crippen LogP contribution >= 0.6 is 0 Å². The van der Waals surface area contributed by atoms with E-state index < -0.39 is 0 Å². The number of nitrogen functional groups attached to an aromatic ring is 1. The zero-order chi connectivity index (χ0) is 19.1. The van der Waals surface area contributed by atoms with Gasteiger partial charge in [0.1, 0.15) is 23.7 Å². The van der Waals surface area contributed by atoms with Crippen LogP contribution in [-0.4, -0.2) is 44.2 Å². The first-order valence-corrected chi connectivity index (χ1v) is 9.03. The fourth-order valence-corrected chi connectivity index (χ4v) is 3.21. The van der Waals surface area contributed by atoms with Crippen LogP contribution in [0.5, 0.6) is 5.75 Å². The Hall–Kier alpha value is -3.46. The van der Waals surface area contributed by atoms with Gasteiger partial charge in [-0.3, -0.25) is 0 Å². The fourth-order valence-electron chi connectivity index (χ4n) is 3.21. The van der Waals surface area contributed by atoms with Gasteiger partial charge in [0.05, 0.1) is 18.5 Å². The third kappa shape index (κ3) is 2.76. The zero-order valence-corrected chi connectivity index (χ0v) is 15.2. The number of rotatable bonds is 6. The Morgan fingerprint density at radius 1 is 1.21 bits per heavy atom. The molecule has 1 saturated heterocycles. The number of benzene rings is 1. The maximum absolute atomic E-state index is 6.00. The summed E-state index contributed by atoms with van der Waals surface area (Å²) in [5, 5.41) is 7.61. The van der Waals surface area contributed by atoms with E-state index in [1.165, 1.54) is 0 Å². The van der Waals surface area contributed by atoms with E-state index in [-0.39, 0.29) is 11.9 Å². The molecule has 1 aromatic carbocycles. The normalized spacial score (nSPS) is 15.8. The van der Waals surface area contributed by atoms with Crippen LogP contribution in [0.25, 0.3) is 33.8 Å². The molecule has 3 aromatic heterocycles. The van der Waals surface area contributed by atoms with Gasteiger partial charge in [-0.05, 0) is 17.2 Å². The van der Waals surface area contributed by atoms with Crippen LogP contribution in [0.3, 0.4) is 0 Å². The van der Waals surface area contributed by atoms with Crippen LogP contribution < -0.4 is 10.5 Å². The molecule has 5 rings (SSSR count). The highest BCUT2D eigenvalue weighted by molar-refractivity contribution is 5.95. The van der Waals surface area contributed by atoms with Crippen molar-refractivity contribution in [1.29, 1.82) is 0 Å². The Bertz CT molecular complexity index is 1130. The van der Waals surface area contributed by atoms with Gasteiger partial charge in [-0.25, -0.2) is 14.6 Å². The summed E-state index contributed by atoms with van der Waals surface area (Å²) in [7, 11) is 0. The van der Waals surface area contributed by atoms with Crippen molar-refractivity contribution in [2.75, 3.05) is 18.9 Å². The van der Waals surface area contributed by atoms with Crippen molar-refractivity contribution >= 4 is 16.9 Å². The van der Waals surface area contributed by atoms with Gasteiger partial charge in [-0.2, -0.15) is 0 Å². The minimum absolute atomic E-state index is 0.136. The Labute approximate surface area is 160 Å². The lowest BCUT2D eigenvalue weighted by Crippen LogP contribution is -2.07. The second kappa shape index (κ2) is 6.61. The summed E-state index contributed by atoms with van der Waals surface area (Å²) in [6.45, 7) is 3.84. The second-order valence-electron chi connectivity index (χ2n) is 6.48. The predicted octanol–water partition coefficient (Wildman–Crippen LogP) is 2.53. The molecule has 0 amide bonds. The number of imidazole rings is 1. The van der Waals surface area contributed by atoms with Crippen molar-refractivity contribution in [2.24, 2.45) is 0 Å². The quantitative estimate of drug-likeness (QED) is 0.509. The molecule has 2 N–H and O–H groups in total.